The molecule has 0 atom stereocenters. The van der Waals surface area contributed by atoms with Gasteiger partial charge in [0.25, 0.3) is 0 Å². The summed E-state index contributed by atoms with van der Waals surface area (Å²) in [4.78, 5) is 37.0. The summed E-state index contributed by atoms with van der Waals surface area (Å²) in [7, 11) is 0. The fourth-order valence-corrected chi connectivity index (χ4v) is 2.28. The van der Waals surface area contributed by atoms with E-state index >= 15 is 0 Å². The van der Waals surface area contributed by atoms with Gasteiger partial charge >= 0.3 is 17.8 Å². The van der Waals surface area contributed by atoms with Crippen LogP contribution in [0, 0.1) is 5.82 Å². The Morgan fingerprint density at radius 3 is 2.45 bits per heavy atom. The lowest BCUT2D eigenvalue weighted by Gasteiger charge is -2.15. The lowest BCUT2D eigenvalue weighted by molar-refractivity contribution is -0.143. The van der Waals surface area contributed by atoms with E-state index in [-0.39, 0.29) is 13.1 Å². The fourth-order valence-electron chi connectivity index (χ4n) is 1.80. The molecule has 1 heterocycles. The molecule has 2 rings (SSSR count). The Morgan fingerprint density at radius 1 is 1.20 bits per heavy atom. The van der Waals surface area contributed by atoms with Crippen LogP contribution in [-0.2, 0) is 16.1 Å². The number of rotatable bonds is 4. The molecule has 1 aliphatic heterocycles. The zero-order valence-electron chi connectivity index (χ0n) is 10.3. The molecule has 0 spiro atoms. The van der Waals surface area contributed by atoms with Crippen LogP contribution in [0.5, 0.6) is 0 Å². The van der Waals surface area contributed by atoms with E-state index in [1.807, 2.05) is 0 Å². The molecule has 1 aromatic rings. The Balaban J connectivity index is 2.25. The van der Waals surface area contributed by atoms with E-state index in [0.717, 1.165) is 9.80 Å². The van der Waals surface area contributed by atoms with Crippen LogP contribution in [0.25, 0.3) is 0 Å². The molecule has 0 aliphatic carbocycles. The molecule has 5 nitrogen and oxygen atoms in total. The van der Waals surface area contributed by atoms with Crippen LogP contribution in [0.2, 0.25) is 0 Å². The minimum absolute atomic E-state index is 0.0233. The molecule has 0 bridgehead atoms. The predicted molar refractivity (Wildman–Crippen MR) is 72.0 cm³/mol. The Hall–Kier alpha value is -2.02. The third-order valence-electron chi connectivity index (χ3n) is 2.79. The van der Waals surface area contributed by atoms with Gasteiger partial charge in [-0.05, 0) is 17.7 Å². The minimum atomic E-state index is -0.895. The minimum Gasteiger partial charge on any atom is -0.263 e. The number of hydrogen-bond acceptors (Lipinski definition) is 3. The number of imide groups is 2. The van der Waals surface area contributed by atoms with E-state index < -0.39 is 23.7 Å². The molecule has 0 N–H and O–H groups in total. The number of halogens is 2. The fraction of sp³-hybridized carbons (Fsp3) is 0.154. The number of hydrogen-bond donors (Lipinski definition) is 0. The van der Waals surface area contributed by atoms with Gasteiger partial charge in [-0.2, -0.15) is 0 Å². The lowest BCUT2D eigenvalue weighted by Crippen LogP contribution is -2.33. The van der Waals surface area contributed by atoms with Crippen molar-refractivity contribution in [2.45, 2.75) is 6.54 Å². The van der Waals surface area contributed by atoms with Crippen molar-refractivity contribution in [1.82, 2.24) is 9.80 Å². The van der Waals surface area contributed by atoms with Crippen molar-refractivity contribution in [2.24, 2.45) is 0 Å². The van der Waals surface area contributed by atoms with Crippen LogP contribution in [0.15, 0.2) is 35.3 Å². The van der Waals surface area contributed by atoms with Crippen molar-refractivity contribution in [3.63, 3.8) is 0 Å². The zero-order valence-corrected chi connectivity index (χ0v) is 11.9. The van der Waals surface area contributed by atoms with Gasteiger partial charge in [-0.1, -0.05) is 28.1 Å². The van der Waals surface area contributed by atoms with Crippen LogP contribution in [-0.4, -0.2) is 34.2 Å². The van der Waals surface area contributed by atoms with Crippen LogP contribution in [0.3, 0.4) is 0 Å². The van der Waals surface area contributed by atoms with Gasteiger partial charge in [0.15, 0.2) is 0 Å². The maximum absolute atomic E-state index is 13.0. The van der Waals surface area contributed by atoms with Crippen molar-refractivity contribution in [2.75, 3.05) is 6.54 Å². The number of benzene rings is 1. The van der Waals surface area contributed by atoms with E-state index in [2.05, 4.69) is 22.5 Å². The van der Waals surface area contributed by atoms with E-state index in [4.69, 9.17) is 0 Å². The third-order valence-corrected chi connectivity index (χ3v) is 3.53. The van der Waals surface area contributed by atoms with Crippen LogP contribution in [0.4, 0.5) is 9.18 Å². The summed E-state index contributed by atoms with van der Waals surface area (Å²) in [5.41, 5.74) is 0.529. The molecular weight excluding hydrogens is 331 g/mol. The first kappa shape index (κ1) is 14.4. The van der Waals surface area contributed by atoms with E-state index in [1.54, 1.807) is 0 Å². The number of urea groups is 1. The Morgan fingerprint density at radius 2 is 1.85 bits per heavy atom. The predicted octanol–water partition coefficient (Wildman–Crippen LogP) is 2.06. The highest BCUT2D eigenvalue weighted by atomic mass is 79.9. The average molecular weight is 341 g/mol. The second kappa shape index (κ2) is 5.54. The highest BCUT2D eigenvalue weighted by Gasteiger charge is 2.43. The van der Waals surface area contributed by atoms with Gasteiger partial charge in [-0.3, -0.25) is 19.4 Å². The molecule has 1 aromatic carbocycles. The van der Waals surface area contributed by atoms with Crippen LogP contribution < -0.4 is 0 Å². The summed E-state index contributed by atoms with van der Waals surface area (Å²) in [6.07, 6.45) is 1.36. The van der Waals surface area contributed by atoms with Crippen molar-refractivity contribution < 1.29 is 18.8 Å². The number of carbonyl (C=O) groups excluding carboxylic acids is 3. The lowest BCUT2D eigenvalue weighted by atomic mass is 10.2. The summed E-state index contributed by atoms with van der Waals surface area (Å²) >= 11 is 3.15. The summed E-state index contributed by atoms with van der Waals surface area (Å²) < 4.78 is 13.4. The topological polar surface area (TPSA) is 57.7 Å². The van der Waals surface area contributed by atoms with E-state index in [0.29, 0.717) is 10.0 Å². The molecule has 1 saturated heterocycles. The quantitative estimate of drug-likeness (QED) is 0.479. The molecule has 1 aliphatic rings. The first-order valence-corrected chi connectivity index (χ1v) is 6.47. The van der Waals surface area contributed by atoms with Crippen LogP contribution in [0.1, 0.15) is 5.56 Å². The number of nitrogens with zero attached hydrogens (tertiary/aromatic N) is 2. The Labute approximate surface area is 122 Å². The molecule has 7 heteroatoms. The van der Waals surface area contributed by atoms with Gasteiger partial charge in [0.05, 0.1) is 6.54 Å². The molecule has 0 radical (unpaired) electrons. The average Bonchev–Trinajstić information content (AvgIpc) is 2.59. The monoisotopic (exact) mass is 340 g/mol. The van der Waals surface area contributed by atoms with Gasteiger partial charge in [-0.25, -0.2) is 9.18 Å². The van der Waals surface area contributed by atoms with Crippen molar-refractivity contribution in [1.29, 1.82) is 0 Å². The summed E-state index contributed by atoms with van der Waals surface area (Å²) in [6, 6.07) is 3.19. The second-order valence-electron chi connectivity index (χ2n) is 4.11. The zero-order chi connectivity index (χ0) is 14.9. The maximum Gasteiger partial charge on any atom is 0.334 e. The van der Waals surface area contributed by atoms with E-state index in [1.165, 1.54) is 24.3 Å². The first-order chi connectivity index (χ1) is 9.45. The highest BCUT2D eigenvalue weighted by molar-refractivity contribution is 9.10. The van der Waals surface area contributed by atoms with Crippen molar-refractivity contribution in [3.8, 4) is 0 Å². The smallest absolute Gasteiger partial charge is 0.263 e. The van der Waals surface area contributed by atoms with Gasteiger partial charge < -0.3 is 0 Å². The standard InChI is InChI=1S/C13H10BrFN2O3/c1-2-5-16-11(18)12(19)17(13(16)20)7-8-3-4-9(15)6-10(8)14/h2-4,6H,1,5,7H2. The SMILES string of the molecule is C=CCN1C(=O)C(=O)N(Cc2ccc(F)cc2Br)C1=O. The second-order valence-corrected chi connectivity index (χ2v) is 4.97. The third kappa shape index (κ3) is 2.49. The summed E-state index contributed by atoms with van der Waals surface area (Å²) in [5, 5.41) is 0. The van der Waals surface area contributed by atoms with Gasteiger partial charge in [0.1, 0.15) is 5.82 Å². The molecule has 0 aromatic heterocycles. The molecule has 4 amide bonds. The van der Waals surface area contributed by atoms with Gasteiger partial charge in [0.2, 0.25) is 0 Å². The molecule has 0 saturated carbocycles. The highest BCUT2D eigenvalue weighted by Crippen LogP contribution is 2.22. The normalized spacial score (nSPS) is 15.2. The molecule has 0 unspecified atom stereocenters. The molecule has 104 valence electrons. The molecule has 1 fully saturated rings. The Bertz CT molecular complexity index is 618. The largest absolute Gasteiger partial charge is 0.334 e. The number of carbonyl (C=O) groups is 3. The van der Waals surface area contributed by atoms with Gasteiger partial charge in [-0.15, -0.1) is 6.58 Å². The van der Waals surface area contributed by atoms with Gasteiger partial charge in [0, 0.05) is 11.0 Å². The maximum atomic E-state index is 13.0. The van der Waals surface area contributed by atoms with Crippen LogP contribution >= 0.6 is 15.9 Å². The summed E-state index contributed by atoms with van der Waals surface area (Å²) in [5.74, 6) is -2.22. The van der Waals surface area contributed by atoms with Crippen molar-refractivity contribution in [3.05, 3.63) is 46.7 Å². The summed E-state index contributed by atoms with van der Waals surface area (Å²) in [6.45, 7) is 3.30. The van der Waals surface area contributed by atoms with E-state index in [9.17, 15) is 18.8 Å². The number of amides is 4. The molecular formula is C13H10BrFN2O3. The molecule has 20 heavy (non-hydrogen) atoms. The first-order valence-electron chi connectivity index (χ1n) is 5.68. The Kier molecular flexibility index (Phi) is 3.99. The van der Waals surface area contributed by atoms with Crippen molar-refractivity contribution >= 4 is 33.8 Å².